The zero-order valence-electron chi connectivity index (χ0n) is 18.3. The Morgan fingerprint density at radius 1 is 1.09 bits per heavy atom. The summed E-state index contributed by atoms with van der Waals surface area (Å²) in [5.41, 5.74) is 4.32. The number of hydrogen-bond donors (Lipinski definition) is 2. The van der Waals surface area contributed by atoms with E-state index in [4.69, 9.17) is 0 Å². The maximum absolute atomic E-state index is 12.9. The summed E-state index contributed by atoms with van der Waals surface area (Å²) < 4.78 is 25.8. The molecule has 1 atom stereocenters. The minimum atomic E-state index is -2.65. The number of carbonyl (C=O) groups is 1. The van der Waals surface area contributed by atoms with Crippen LogP contribution in [0.25, 0.3) is 10.9 Å². The molecule has 2 aromatic carbocycles. The fraction of sp³-hybridized carbons (Fsp3) is 0.200. The number of aromatic amines is 1. The zero-order valence-corrected chi connectivity index (χ0v) is 19.1. The number of nitrogens with one attached hydrogen (secondary N) is 2. The topological polar surface area (TPSA) is 61.0 Å². The van der Waals surface area contributed by atoms with Crippen molar-refractivity contribution in [3.05, 3.63) is 89.7 Å². The van der Waals surface area contributed by atoms with Crippen LogP contribution in [-0.4, -0.2) is 42.3 Å². The van der Waals surface area contributed by atoms with E-state index in [2.05, 4.69) is 27.4 Å². The highest BCUT2D eigenvalue weighted by molar-refractivity contribution is 7.99. The number of H-pyrrole nitrogens is 1. The van der Waals surface area contributed by atoms with E-state index in [1.54, 1.807) is 6.07 Å². The molecule has 2 aromatic heterocycles. The third kappa shape index (κ3) is 5.17. The number of halogens is 2. The molecule has 0 saturated heterocycles. The van der Waals surface area contributed by atoms with Gasteiger partial charge in [-0.3, -0.25) is 4.79 Å². The van der Waals surface area contributed by atoms with E-state index in [0.29, 0.717) is 6.54 Å². The van der Waals surface area contributed by atoms with E-state index in [0.717, 1.165) is 27.7 Å². The van der Waals surface area contributed by atoms with Crippen molar-refractivity contribution in [2.75, 3.05) is 25.5 Å². The third-order valence-electron chi connectivity index (χ3n) is 5.49. The van der Waals surface area contributed by atoms with Gasteiger partial charge < -0.3 is 15.2 Å². The van der Waals surface area contributed by atoms with Crippen molar-refractivity contribution in [2.24, 2.45) is 0 Å². The molecule has 1 unspecified atom stereocenters. The van der Waals surface area contributed by atoms with Gasteiger partial charge in [-0.1, -0.05) is 30.3 Å². The van der Waals surface area contributed by atoms with Crippen molar-refractivity contribution in [3.63, 3.8) is 0 Å². The molecule has 0 fully saturated rings. The molecule has 0 bridgehead atoms. The van der Waals surface area contributed by atoms with Gasteiger partial charge in [-0.25, -0.2) is 4.98 Å². The number of carbonyl (C=O) groups excluding carboxylic acids is 1. The highest BCUT2D eigenvalue weighted by atomic mass is 32.2. The molecule has 1 amide bonds. The fourth-order valence-electron chi connectivity index (χ4n) is 3.83. The van der Waals surface area contributed by atoms with Gasteiger partial charge in [0, 0.05) is 55.5 Å². The Kier molecular flexibility index (Phi) is 6.93. The minimum Gasteiger partial charge on any atom is -0.378 e. The van der Waals surface area contributed by atoms with Crippen LogP contribution in [0.2, 0.25) is 0 Å². The van der Waals surface area contributed by atoms with Crippen LogP contribution in [0, 0.1) is 0 Å². The number of fused-ring (bicyclic) bond motifs is 1. The Bertz CT molecular complexity index is 1240. The van der Waals surface area contributed by atoms with Gasteiger partial charge in [0.15, 0.2) is 0 Å². The quantitative estimate of drug-likeness (QED) is 0.337. The zero-order chi connectivity index (χ0) is 23.4. The second-order valence-corrected chi connectivity index (χ2v) is 8.75. The molecule has 0 saturated carbocycles. The molecule has 0 radical (unpaired) electrons. The highest BCUT2D eigenvalue weighted by Gasteiger charge is 2.22. The van der Waals surface area contributed by atoms with Crippen LogP contribution in [0.4, 0.5) is 14.5 Å². The van der Waals surface area contributed by atoms with Crippen molar-refractivity contribution >= 4 is 34.3 Å². The smallest absolute Gasteiger partial charge is 0.290 e. The Morgan fingerprint density at radius 3 is 2.58 bits per heavy atom. The van der Waals surface area contributed by atoms with Crippen LogP contribution >= 0.6 is 11.8 Å². The standard InChI is InChI=1S/C25H24F2N4OS/c1-31(2)17-11-9-16(10-12-17)20(21-15-29-22-8-4-3-6-18(21)22)14-30-23(32)19-7-5-13-28-24(19)33-25(26)27/h3-13,15,20,25,29H,14H2,1-2H3,(H,30,32). The summed E-state index contributed by atoms with van der Waals surface area (Å²) in [4.78, 5) is 22.2. The number of nitrogens with zero attached hydrogens (tertiary/aromatic N) is 2. The monoisotopic (exact) mass is 466 g/mol. The first kappa shape index (κ1) is 22.8. The van der Waals surface area contributed by atoms with E-state index in [1.807, 2.05) is 61.6 Å². The lowest BCUT2D eigenvalue weighted by Gasteiger charge is -2.20. The molecule has 4 rings (SSSR count). The van der Waals surface area contributed by atoms with Gasteiger partial charge in [0.05, 0.1) is 5.56 Å². The number of anilines is 1. The molecule has 170 valence electrons. The first-order valence-corrected chi connectivity index (χ1v) is 11.3. The predicted molar refractivity (Wildman–Crippen MR) is 129 cm³/mol. The Hall–Kier alpha value is -3.39. The summed E-state index contributed by atoms with van der Waals surface area (Å²) in [5.74, 6) is -3.22. The third-order valence-corrected chi connectivity index (χ3v) is 6.22. The van der Waals surface area contributed by atoms with Crippen LogP contribution in [0.15, 0.2) is 78.1 Å². The van der Waals surface area contributed by atoms with E-state index in [-0.39, 0.29) is 28.3 Å². The molecule has 33 heavy (non-hydrogen) atoms. The van der Waals surface area contributed by atoms with Gasteiger partial charge in [-0.05, 0) is 53.2 Å². The Balaban J connectivity index is 1.64. The second-order valence-electron chi connectivity index (χ2n) is 7.77. The first-order valence-electron chi connectivity index (χ1n) is 10.5. The van der Waals surface area contributed by atoms with Crippen LogP contribution in [-0.2, 0) is 0 Å². The molecule has 4 aromatic rings. The Morgan fingerprint density at radius 2 is 1.85 bits per heavy atom. The molecule has 5 nitrogen and oxygen atoms in total. The highest BCUT2D eigenvalue weighted by Crippen LogP contribution is 2.32. The maximum atomic E-state index is 12.9. The van der Waals surface area contributed by atoms with Crippen molar-refractivity contribution in [2.45, 2.75) is 16.7 Å². The molecule has 8 heteroatoms. The molecule has 0 aliphatic carbocycles. The largest absolute Gasteiger partial charge is 0.378 e. The van der Waals surface area contributed by atoms with Crippen molar-refractivity contribution in [3.8, 4) is 0 Å². The lowest BCUT2D eigenvalue weighted by Crippen LogP contribution is -2.29. The summed E-state index contributed by atoms with van der Waals surface area (Å²) in [7, 11) is 3.96. The summed E-state index contributed by atoms with van der Waals surface area (Å²) >= 11 is 0.273. The number of aromatic nitrogens is 2. The van der Waals surface area contributed by atoms with E-state index >= 15 is 0 Å². The van der Waals surface area contributed by atoms with E-state index in [1.165, 1.54) is 12.3 Å². The molecule has 2 N–H and O–H groups in total. The van der Waals surface area contributed by atoms with Crippen LogP contribution in [0.5, 0.6) is 0 Å². The lowest BCUT2D eigenvalue weighted by atomic mass is 9.90. The molecule has 0 aliphatic rings. The van der Waals surface area contributed by atoms with Gasteiger partial charge in [0.2, 0.25) is 0 Å². The van der Waals surface area contributed by atoms with E-state index < -0.39 is 11.7 Å². The van der Waals surface area contributed by atoms with Crippen molar-refractivity contribution < 1.29 is 13.6 Å². The van der Waals surface area contributed by atoms with Gasteiger partial charge in [0.25, 0.3) is 11.7 Å². The molecule has 0 spiro atoms. The maximum Gasteiger partial charge on any atom is 0.290 e. The summed E-state index contributed by atoms with van der Waals surface area (Å²) in [6.45, 7) is 0.301. The SMILES string of the molecule is CN(C)c1ccc(C(CNC(=O)c2cccnc2SC(F)F)c2c[nH]c3ccccc23)cc1. The Labute approximate surface area is 195 Å². The average Bonchev–Trinajstić information content (AvgIpc) is 3.23. The number of thioether (sulfide) groups is 1. The fourth-order valence-corrected chi connectivity index (χ4v) is 4.40. The molecule has 0 aliphatic heterocycles. The summed E-state index contributed by atoms with van der Waals surface area (Å²) in [6.07, 6.45) is 3.37. The van der Waals surface area contributed by atoms with Gasteiger partial charge >= 0.3 is 0 Å². The molecular weight excluding hydrogens is 442 g/mol. The van der Waals surface area contributed by atoms with Crippen molar-refractivity contribution in [1.82, 2.24) is 15.3 Å². The summed E-state index contributed by atoms with van der Waals surface area (Å²) in [5, 5.41) is 4.03. The van der Waals surface area contributed by atoms with Crippen LogP contribution < -0.4 is 10.2 Å². The average molecular weight is 467 g/mol. The van der Waals surface area contributed by atoms with Crippen LogP contribution in [0.3, 0.4) is 0 Å². The number of benzene rings is 2. The number of pyridine rings is 1. The number of rotatable bonds is 8. The van der Waals surface area contributed by atoms with Crippen molar-refractivity contribution in [1.29, 1.82) is 0 Å². The predicted octanol–water partition coefficient (Wildman–Crippen LogP) is 5.51. The number of amides is 1. The molecule has 2 heterocycles. The number of para-hydroxylation sites is 1. The number of hydrogen-bond acceptors (Lipinski definition) is 4. The molecular formula is C25H24F2N4OS. The lowest BCUT2D eigenvalue weighted by molar-refractivity contribution is 0.0949. The van der Waals surface area contributed by atoms with Gasteiger partial charge in [-0.15, -0.1) is 0 Å². The van der Waals surface area contributed by atoms with Gasteiger partial charge in [-0.2, -0.15) is 8.78 Å². The number of alkyl halides is 2. The first-order chi connectivity index (χ1) is 15.9. The normalized spacial score (nSPS) is 12.2. The second kappa shape index (κ2) is 10.0. The van der Waals surface area contributed by atoms with Gasteiger partial charge in [0.1, 0.15) is 5.03 Å². The minimum absolute atomic E-state index is 0.0176. The van der Waals surface area contributed by atoms with E-state index in [9.17, 15) is 13.6 Å². The van der Waals surface area contributed by atoms with Crippen LogP contribution in [0.1, 0.15) is 27.4 Å². The summed E-state index contributed by atoms with van der Waals surface area (Å²) in [6, 6.07) is 19.3.